The topological polar surface area (TPSA) is 0 Å². The van der Waals surface area contributed by atoms with Crippen molar-refractivity contribution in [2.24, 2.45) is 0 Å². The lowest BCUT2D eigenvalue weighted by Crippen LogP contribution is -2.18. The Morgan fingerprint density at radius 3 is 2.65 bits per heavy atom. The lowest BCUT2D eigenvalue weighted by atomic mass is 10.2. The summed E-state index contributed by atoms with van der Waals surface area (Å²) in [4.78, 5) is 4.54. The molecular formula is C14H10S2Si. The molecule has 0 saturated heterocycles. The zero-order valence-corrected chi connectivity index (χ0v) is 12.2. The van der Waals surface area contributed by atoms with Crippen molar-refractivity contribution in [3.63, 3.8) is 0 Å². The molecule has 0 spiro atoms. The molecule has 0 fully saturated rings. The Kier molecular flexibility index (Phi) is 2.12. The monoisotopic (exact) mass is 270 g/mol. The molecule has 3 heteroatoms. The van der Waals surface area contributed by atoms with Crippen LogP contribution in [0.15, 0.2) is 47.8 Å². The molecule has 2 aromatic heterocycles. The first kappa shape index (κ1) is 9.83. The Morgan fingerprint density at radius 2 is 1.76 bits per heavy atom. The molecular weight excluding hydrogens is 260 g/mol. The van der Waals surface area contributed by atoms with Gasteiger partial charge in [0.05, 0.1) is 9.52 Å². The molecule has 0 saturated carbocycles. The Morgan fingerprint density at radius 1 is 0.882 bits per heavy atom. The average Bonchev–Trinajstić information content (AvgIpc) is 3.00. The Balaban J connectivity index is 1.87. The molecule has 0 radical (unpaired) electrons. The van der Waals surface area contributed by atoms with Crippen molar-refractivity contribution < 1.29 is 0 Å². The third-order valence-electron chi connectivity index (χ3n) is 3.20. The van der Waals surface area contributed by atoms with E-state index in [-0.39, 0.29) is 9.52 Å². The third-order valence-corrected chi connectivity index (χ3v) is 7.97. The molecule has 82 valence electrons. The molecule has 3 heterocycles. The highest BCUT2D eigenvalue weighted by molar-refractivity contribution is 7.26. The van der Waals surface area contributed by atoms with Crippen molar-refractivity contribution in [1.82, 2.24) is 0 Å². The zero-order chi connectivity index (χ0) is 11.2. The number of rotatable bonds is 1. The van der Waals surface area contributed by atoms with Gasteiger partial charge >= 0.3 is 0 Å². The maximum Gasteiger partial charge on any atom is 0.0914 e. The summed E-state index contributed by atoms with van der Waals surface area (Å²) in [6.07, 6.45) is 0. The molecule has 1 aromatic carbocycles. The van der Waals surface area contributed by atoms with Gasteiger partial charge in [0, 0.05) is 14.6 Å². The molecule has 0 bridgehead atoms. The zero-order valence-electron chi connectivity index (χ0n) is 9.14. The minimum Gasteiger partial charge on any atom is -0.143 e. The van der Waals surface area contributed by atoms with E-state index in [2.05, 4.69) is 47.8 Å². The van der Waals surface area contributed by atoms with Gasteiger partial charge in [-0.05, 0) is 27.4 Å². The van der Waals surface area contributed by atoms with Gasteiger partial charge in [-0.25, -0.2) is 0 Å². The van der Waals surface area contributed by atoms with E-state index in [0.717, 1.165) is 0 Å². The van der Waals surface area contributed by atoms with E-state index in [9.17, 15) is 0 Å². The van der Waals surface area contributed by atoms with Crippen molar-refractivity contribution in [2.45, 2.75) is 0 Å². The van der Waals surface area contributed by atoms with Crippen LogP contribution in [0.3, 0.4) is 0 Å². The first-order chi connectivity index (χ1) is 8.42. The van der Waals surface area contributed by atoms with Gasteiger partial charge in [0.2, 0.25) is 0 Å². The molecule has 0 unspecified atom stereocenters. The lowest BCUT2D eigenvalue weighted by Gasteiger charge is -1.95. The van der Waals surface area contributed by atoms with Gasteiger partial charge < -0.3 is 0 Å². The Hall–Kier alpha value is -1.16. The summed E-state index contributed by atoms with van der Waals surface area (Å²) in [5.41, 5.74) is 1.36. The van der Waals surface area contributed by atoms with Crippen molar-refractivity contribution in [2.75, 3.05) is 0 Å². The van der Waals surface area contributed by atoms with E-state index in [0.29, 0.717) is 0 Å². The summed E-state index contributed by atoms with van der Waals surface area (Å²) in [5.74, 6) is 0. The smallest absolute Gasteiger partial charge is 0.0914 e. The predicted octanol–water partition coefficient (Wildman–Crippen LogP) is 2.58. The fourth-order valence-electron chi connectivity index (χ4n) is 2.38. The summed E-state index contributed by atoms with van der Waals surface area (Å²) in [5, 5.41) is 5.54. The molecule has 17 heavy (non-hydrogen) atoms. The average molecular weight is 270 g/mol. The molecule has 0 atom stereocenters. The summed E-state index contributed by atoms with van der Waals surface area (Å²) in [6, 6.07) is 15.5. The van der Waals surface area contributed by atoms with Crippen LogP contribution in [0.5, 0.6) is 0 Å². The van der Waals surface area contributed by atoms with E-state index in [1.54, 1.807) is 20.1 Å². The number of benzene rings is 1. The Labute approximate surface area is 110 Å². The van der Waals surface area contributed by atoms with Gasteiger partial charge in [0.15, 0.2) is 0 Å². The second-order valence-electron chi connectivity index (χ2n) is 4.28. The largest absolute Gasteiger partial charge is 0.143 e. The normalized spacial score (nSPS) is 13.9. The first-order valence-electron chi connectivity index (χ1n) is 5.67. The second kappa shape index (κ2) is 3.67. The van der Waals surface area contributed by atoms with Gasteiger partial charge in [-0.15, -0.1) is 22.7 Å². The van der Waals surface area contributed by atoms with Gasteiger partial charge in [-0.2, -0.15) is 0 Å². The first-order valence-corrected chi connectivity index (χ1v) is 8.78. The molecule has 3 aromatic rings. The highest BCUT2D eigenvalue weighted by Crippen LogP contribution is 2.36. The maximum atomic E-state index is 2.42. The SMILES string of the molecule is c1ccc(-c2cc3c(s2)-c2sccc2[SiH2]3)cc1. The van der Waals surface area contributed by atoms with Crippen LogP contribution < -0.4 is 10.4 Å². The van der Waals surface area contributed by atoms with Gasteiger partial charge in [0.25, 0.3) is 0 Å². The van der Waals surface area contributed by atoms with Crippen LogP contribution in [0.2, 0.25) is 0 Å². The van der Waals surface area contributed by atoms with Crippen LogP contribution in [-0.2, 0) is 0 Å². The fourth-order valence-corrected chi connectivity index (χ4v) is 7.66. The van der Waals surface area contributed by atoms with Crippen LogP contribution in [0.1, 0.15) is 0 Å². The van der Waals surface area contributed by atoms with E-state index in [1.807, 2.05) is 22.7 Å². The lowest BCUT2D eigenvalue weighted by molar-refractivity contribution is 1.70. The van der Waals surface area contributed by atoms with E-state index < -0.39 is 0 Å². The van der Waals surface area contributed by atoms with Crippen molar-refractivity contribution in [3.8, 4) is 20.2 Å². The quantitative estimate of drug-likeness (QED) is 0.466. The predicted molar refractivity (Wildman–Crippen MR) is 80.9 cm³/mol. The minimum atomic E-state index is -0.181. The molecule has 4 rings (SSSR count). The summed E-state index contributed by atoms with van der Waals surface area (Å²) in [6.45, 7) is 0. The van der Waals surface area contributed by atoms with Crippen molar-refractivity contribution in [3.05, 3.63) is 47.8 Å². The van der Waals surface area contributed by atoms with Gasteiger partial charge in [-0.1, -0.05) is 36.4 Å². The van der Waals surface area contributed by atoms with Crippen LogP contribution >= 0.6 is 22.7 Å². The number of fused-ring (bicyclic) bond motifs is 3. The fraction of sp³-hybridized carbons (Fsp3) is 0. The molecule has 1 aliphatic heterocycles. The van der Waals surface area contributed by atoms with E-state index in [4.69, 9.17) is 0 Å². The van der Waals surface area contributed by atoms with Crippen molar-refractivity contribution in [1.29, 1.82) is 0 Å². The maximum absolute atomic E-state index is 2.42. The standard InChI is InChI=1S/C14H10S2Si/c1-2-4-9(5-3-1)10-8-12-14(16-10)13-11(17-12)6-7-15-13/h1-8H,17H2. The molecule has 0 aliphatic carbocycles. The van der Waals surface area contributed by atoms with Crippen LogP contribution in [-0.4, -0.2) is 9.52 Å². The highest BCUT2D eigenvalue weighted by atomic mass is 32.1. The summed E-state index contributed by atoms with van der Waals surface area (Å²) >= 11 is 3.88. The number of hydrogen-bond acceptors (Lipinski definition) is 2. The minimum absolute atomic E-state index is 0.181. The summed E-state index contributed by atoms with van der Waals surface area (Å²) < 4.78 is 0. The van der Waals surface area contributed by atoms with Crippen LogP contribution in [0.25, 0.3) is 20.2 Å². The molecule has 0 N–H and O–H groups in total. The summed E-state index contributed by atoms with van der Waals surface area (Å²) in [7, 11) is -0.181. The van der Waals surface area contributed by atoms with E-state index >= 15 is 0 Å². The van der Waals surface area contributed by atoms with Crippen molar-refractivity contribution >= 4 is 42.6 Å². The van der Waals surface area contributed by atoms with Gasteiger partial charge in [0.1, 0.15) is 0 Å². The Bertz CT molecular complexity index is 679. The third kappa shape index (κ3) is 1.47. The second-order valence-corrected chi connectivity index (χ2v) is 8.13. The van der Waals surface area contributed by atoms with E-state index in [1.165, 1.54) is 10.4 Å². The van der Waals surface area contributed by atoms with Gasteiger partial charge in [-0.3, -0.25) is 0 Å². The molecule has 1 aliphatic rings. The number of thiophene rings is 2. The molecule has 0 nitrogen and oxygen atoms in total. The number of hydrogen-bond donors (Lipinski definition) is 0. The molecule has 0 amide bonds. The highest BCUT2D eigenvalue weighted by Gasteiger charge is 2.23. The van der Waals surface area contributed by atoms with Crippen LogP contribution in [0, 0.1) is 0 Å². The van der Waals surface area contributed by atoms with Crippen LogP contribution in [0.4, 0.5) is 0 Å².